The lowest BCUT2D eigenvalue weighted by Gasteiger charge is -2.55. The van der Waals surface area contributed by atoms with Crippen molar-refractivity contribution in [3.8, 4) is 0 Å². The summed E-state index contributed by atoms with van der Waals surface area (Å²) in [7, 11) is 0. The van der Waals surface area contributed by atoms with Gasteiger partial charge in [-0.15, -0.1) is 0 Å². The number of hydrogen-bond acceptors (Lipinski definition) is 3. The van der Waals surface area contributed by atoms with E-state index in [-0.39, 0.29) is 42.6 Å². The van der Waals surface area contributed by atoms with Crippen LogP contribution < -0.4 is 10.6 Å². The van der Waals surface area contributed by atoms with Gasteiger partial charge in [-0.25, -0.2) is 4.79 Å². The molecule has 0 aromatic heterocycles. The molecule has 3 N–H and O–H groups in total. The number of aliphatic hydroxyl groups is 1. The highest BCUT2D eigenvalue weighted by Crippen LogP contribution is 2.41. The zero-order valence-electron chi connectivity index (χ0n) is 16.2. The fourth-order valence-electron chi connectivity index (χ4n) is 3.83. The number of amides is 3. The first-order chi connectivity index (χ1) is 13.5. The molecule has 1 aliphatic rings. The minimum Gasteiger partial charge on any atom is -0.394 e. The molecule has 3 rings (SSSR count). The number of carbonyl (C=O) groups is 2. The zero-order valence-corrected chi connectivity index (χ0v) is 16.2. The Kier molecular flexibility index (Phi) is 6.31. The first-order valence-corrected chi connectivity index (χ1v) is 9.60. The van der Waals surface area contributed by atoms with Gasteiger partial charge in [0, 0.05) is 24.1 Å². The maximum absolute atomic E-state index is 13.1. The summed E-state index contributed by atoms with van der Waals surface area (Å²) < 4.78 is 0. The third kappa shape index (κ3) is 4.17. The highest BCUT2D eigenvalue weighted by Gasteiger charge is 2.51. The van der Waals surface area contributed by atoms with Crippen LogP contribution in [0.3, 0.4) is 0 Å². The third-order valence-corrected chi connectivity index (χ3v) is 5.06. The highest BCUT2D eigenvalue weighted by atomic mass is 16.3. The molecule has 2 aromatic rings. The molecule has 28 heavy (non-hydrogen) atoms. The van der Waals surface area contributed by atoms with Crippen molar-refractivity contribution in [3.05, 3.63) is 71.8 Å². The predicted molar refractivity (Wildman–Crippen MR) is 108 cm³/mol. The minimum atomic E-state index is -0.324. The number of hydrogen-bond donors (Lipinski definition) is 3. The number of benzene rings is 2. The van der Waals surface area contributed by atoms with Crippen LogP contribution in [-0.2, 0) is 0 Å². The summed E-state index contributed by atoms with van der Waals surface area (Å²) in [6.45, 7) is 3.96. The van der Waals surface area contributed by atoms with E-state index in [4.69, 9.17) is 0 Å². The number of nitrogens with one attached hydrogen (secondary N) is 2. The highest BCUT2D eigenvalue weighted by molar-refractivity contribution is 5.95. The number of likely N-dealkylation sites (tertiary alicyclic amines) is 1. The number of aliphatic hydroxyl groups excluding tert-OH is 1. The third-order valence-electron chi connectivity index (χ3n) is 5.06. The molecule has 0 unspecified atom stereocenters. The van der Waals surface area contributed by atoms with Gasteiger partial charge in [-0.05, 0) is 31.5 Å². The topological polar surface area (TPSA) is 81.7 Å². The van der Waals surface area contributed by atoms with Crippen molar-refractivity contribution in [1.82, 2.24) is 15.5 Å². The Bertz CT molecular complexity index is 795. The van der Waals surface area contributed by atoms with Crippen molar-refractivity contribution < 1.29 is 14.7 Å². The van der Waals surface area contributed by atoms with E-state index >= 15 is 0 Å². The first kappa shape index (κ1) is 19.9. The maximum Gasteiger partial charge on any atom is 0.315 e. The molecule has 0 bridgehead atoms. The van der Waals surface area contributed by atoms with E-state index in [1.807, 2.05) is 62.4 Å². The van der Waals surface area contributed by atoms with E-state index in [9.17, 15) is 14.7 Å². The van der Waals surface area contributed by atoms with Crippen LogP contribution in [0.1, 0.15) is 35.7 Å². The summed E-state index contributed by atoms with van der Waals surface area (Å²) in [6.07, 6.45) is 0. The Morgan fingerprint density at radius 2 is 1.61 bits per heavy atom. The lowest BCUT2D eigenvalue weighted by atomic mass is 9.74. The normalized spacial score (nSPS) is 21.1. The molecule has 0 radical (unpaired) electrons. The van der Waals surface area contributed by atoms with Crippen molar-refractivity contribution in [1.29, 1.82) is 0 Å². The first-order valence-electron chi connectivity index (χ1n) is 9.60. The lowest BCUT2D eigenvalue weighted by Crippen LogP contribution is -2.68. The predicted octanol–water partition coefficient (Wildman–Crippen LogP) is 2.36. The molecular formula is C22H27N3O3. The standard InChI is InChI=1S/C22H27N3O3/c1-15(2)24-22(28)23-13-18-20(16-9-5-3-6-10-16)19(14-26)25(18)21(27)17-11-7-4-8-12-17/h3-12,15,18-20,26H,13-14H2,1-2H3,(H2,23,24,28)/t18-,19+,20+/m1/s1. The van der Waals surface area contributed by atoms with Crippen LogP contribution >= 0.6 is 0 Å². The molecule has 0 saturated carbocycles. The molecule has 0 spiro atoms. The molecular weight excluding hydrogens is 354 g/mol. The second-order valence-corrected chi connectivity index (χ2v) is 7.34. The Morgan fingerprint density at radius 1 is 1.00 bits per heavy atom. The Balaban J connectivity index is 1.83. The maximum atomic E-state index is 13.1. The van der Waals surface area contributed by atoms with E-state index in [1.54, 1.807) is 17.0 Å². The van der Waals surface area contributed by atoms with Gasteiger partial charge in [-0.2, -0.15) is 0 Å². The molecule has 3 amide bonds. The van der Waals surface area contributed by atoms with Crippen LogP contribution in [0.25, 0.3) is 0 Å². The zero-order chi connectivity index (χ0) is 20.1. The molecule has 1 saturated heterocycles. The number of rotatable bonds is 6. The van der Waals surface area contributed by atoms with Gasteiger partial charge in [0.2, 0.25) is 0 Å². The number of urea groups is 1. The monoisotopic (exact) mass is 381 g/mol. The summed E-state index contributed by atoms with van der Waals surface area (Å²) in [5, 5.41) is 15.7. The number of carbonyl (C=O) groups excluding carboxylic acids is 2. The summed E-state index contributed by atoms with van der Waals surface area (Å²) in [5.74, 6) is -0.180. The molecule has 0 aliphatic carbocycles. The van der Waals surface area contributed by atoms with Gasteiger partial charge in [0.15, 0.2) is 0 Å². The minimum absolute atomic E-state index is 0.0264. The van der Waals surface area contributed by atoms with Crippen LogP contribution in [0, 0.1) is 0 Å². The van der Waals surface area contributed by atoms with Crippen LogP contribution in [0.4, 0.5) is 4.79 Å². The Hall–Kier alpha value is -2.86. The van der Waals surface area contributed by atoms with Gasteiger partial charge in [0.05, 0.1) is 18.7 Å². The van der Waals surface area contributed by atoms with E-state index in [1.165, 1.54) is 0 Å². The van der Waals surface area contributed by atoms with Gasteiger partial charge >= 0.3 is 6.03 Å². The molecule has 2 aromatic carbocycles. The van der Waals surface area contributed by atoms with E-state index < -0.39 is 0 Å². The number of nitrogens with zero attached hydrogens (tertiary/aromatic N) is 1. The molecule has 3 atom stereocenters. The van der Waals surface area contributed by atoms with E-state index in [0.29, 0.717) is 12.1 Å². The van der Waals surface area contributed by atoms with E-state index in [0.717, 1.165) is 5.56 Å². The van der Waals surface area contributed by atoms with E-state index in [2.05, 4.69) is 10.6 Å². The molecule has 1 heterocycles. The average Bonchev–Trinajstić information content (AvgIpc) is 2.68. The van der Waals surface area contributed by atoms with Gasteiger partial charge in [-0.3, -0.25) is 4.79 Å². The van der Waals surface area contributed by atoms with Gasteiger partial charge < -0.3 is 20.6 Å². The summed E-state index contributed by atoms with van der Waals surface area (Å²) in [6, 6.07) is 18.1. The second-order valence-electron chi connectivity index (χ2n) is 7.34. The summed E-state index contributed by atoms with van der Waals surface area (Å²) in [5.41, 5.74) is 1.62. The van der Waals surface area contributed by atoms with Crippen molar-refractivity contribution in [3.63, 3.8) is 0 Å². The van der Waals surface area contributed by atoms with Crippen LogP contribution in [-0.4, -0.2) is 53.2 Å². The van der Waals surface area contributed by atoms with Crippen LogP contribution in [0.5, 0.6) is 0 Å². The SMILES string of the molecule is CC(C)NC(=O)NC[C@@H]1[C@H](c2ccccc2)[C@H](CO)N1C(=O)c1ccccc1. The molecule has 6 nitrogen and oxygen atoms in total. The quantitative estimate of drug-likeness (QED) is 0.718. The molecule has 1 aliphatic heterocycles. The van der Waals surface area contributed by atoms with Gasteiger partial charge in [-0.1, -0.05) is 48.5 Å². The van der Waals surface area contributed by atoms with Gasteiger partial charge in [0.25, 0.3) is 5.91 Å². The summed E-state index contributed by atoms with van der Waals surface area (Å²) in [4.78, 5) is 26.9. The summed E-state index contributed by atoms with van der Waals surface area (Å²) >= 11 is 0. The van der Waals surface area contributed by atoms with Crippen molar-refractivity contribution in [2.45, 2.75) is 37.9 Å². The average molecular weight is 381 g/mol. The smallest absolute Gasteiger partial charge is 0.315 e. The Labute approximate surface area is 165 Å². The fraction of sp³-hybridized carbons (Fsp3) is 0.364. The largest absolute Gasteiger partial charge is 0.394 e. The van der Waals surface area contributed by atoms with Crippen molar-refractivity contribution >= 4 is 11.9 Å². The van der Waals surface area contributed by atoms with Crippen molar-refractivity contribution in [2.24, 2.45) is 0 Å². The van der Waals surface area contributed by atoms with Crippen molar-refractivity contribution in [2.75, 3.05) is 13.2 Å². The van der Waals surface area contributed by atoms with Crippen LogP contribution in [0.2, 0.25) is 0 Å². The molecule has 6 heteroatoms. The Morgan fingerprint density at radius 3 is 2.18 bits per heavy atom. The molecule has 1 fully saturated rings. The fourth-order valence-corrected chi connectivity index (χ4v) is 3.83. The van der Waals surface area contributed by atoms with Crippen LogP contribution in [0.15, 0.2) is 60.7 Å². The van der Waals surface area contributed by atoms with Gasteiger partial charge in [0.1, 0.15) is 0 Å². The molecule has 148 valence electrons. The lowest BCUT2D eigenvalue weighted by molar-refractivity contribution is -0.0237. The second kappa shape index (κ2) is 8.89.